The lowest BCUT2D eigenvalue weighted by molar-refractivity contribution is -0.145. The van der Waals surface area contributed by atoms with Gasteiger partial charge in [-0.05, 0) is 61.4 Å². The molecule has 19 heteroatoms. The van der Waals surface area contributed by atoms with Gasteiger partial charge >= 0.3 is 11.9 Å². The highest BCUT2D eigenvalue weighted by atomic mass is 32.2. The molecule has 0 atom stereocenters. The molecule has 1 amide bonds. The molecule has 2 aliphatic rings. The SMILES string of the molecule is CCOC(=O)CC(N)=O.[C-]#[N+]c1c(N)nc(CC(=O)OCC)c(C#N)c1-c1ccc2c(c1)OCO2.[C-]#[N+]c1c(N)nc(Sc2ccccc2)c(C#N)c1-c1ccc2c(c1)OCO2. The molecule has 0 spiro atoms. The minimum absolute atomic E-state index is 0.0491. The molecule has 312 valence electrons. The molecule has 5 aromatic rings. The Hall–Kier alpha value is -8.52. The van der Waals surface area contributed by atoms with Crippen molar-refractivity contribution in [2.75, 3.05) is 38.3 Å². The minimum Gasteiger partial charge on any atom is -0.466 e. The number of hydrogen-bond acceptors (Lipinski definition) is 16. The largest absolute Gasteiger partial charge is 0.466 e. The lowest BCUT2D eigenvalue weighted by atomic mass is 9.96. The molecule has 0 aliphatic carbocycles. The summed E-state index contributed by atoms with van der Waals surface area (Å²) in [7, 11) is 0. The zero-order valence-corrected chi connectivity index (χ0v) is 33.9. The van der Waals surface area contributed by atoms with Crippen LogP contribution in [0.1, 0.15) is 37.1 Å². The van der Waals surface area contributed by atoms with E-state index in [0.717, 1.165) is 4.90 Å². The lowest BCUT2D eigenvalue weighted by Crippen LogP contribution is -2.17. The first kappa shape index (κ1) is 44.6. The van der Waals surface area contributed by atoms with Gasteiger partial charge in [0.25, 0.3) is 0 Å². The summed E-state index contributed by atoms with van der Waals surface area (Å²) in [5, 5.41) is 20.0. The zero-order chi connectivity index (χ0) is 44.8. The monoisotopic (exact) mass is 853 g/mol. The van der Waals surface area contributed by atoms with Gasteiger partial charge in [-0.3, -0.25) is 14.4 Å². The van der Waals surface area contributed by atoms with Crippen molar-refractivity contribution in [3.63, 3.8) is 0 Å². The Balaban J connectivity index is 0.000000196. The Morgan fingerprint density at radius 3 is 1.74 bits per heavy atom. The smallest absolute Gasteiger partial charge is 0.315 e. The van der Waals surface area contributed by atoms with Crippen LogP contribution in [0.15, 0.2) is 76.7 Å². The third-order valence-corrected chi connectivity index (χ3v) is 9.40. The molecule has 0 saturated carbocycles. The summed E-state index contributed by atoms with van der Waals surface area (Å²) in [6, 6.07) is 24.2. The average molecular weight is 854 g/mol. The van der Waals surface area contributed by atoms with Gasteiger partial charge in [-0.1, -0.05) is 42.1 Å². The van der Waals surface area contributed by atoms with Crippen LogP contribution in [0.25, 0.3) is 31.9 Å². The van der Waals surface area contributed by atoms with Gasteiger partial charge in [0.05, 0.1) is 49.6 Å². The minimum atomic E-state index is -0.659. The number of fused-ring (bicyclic) bond motifs is 2. The molecule has 6 N–H and O–H groups in total. The fourth-order valence-corrected chi connectivity index (χ4v) is 6.75. The number of carbonyl (C=O) groups is 3. The maximum Gasteiger partial charge on any atom is 0.315 e. The quantitative estimate of drug-likeness (QED) is 0.0754. The number of nitrogen functional groups attached to an aromatic ring is 2. The Labute approximate surface area is 359 Å². The second-order valence-electron chi connectivity index (χ2n) is 12.4. The van der Waals surface area contributed by atoms with Gasteiger partial charge in [-0.25, -0.2) is 19.7 Å². The van der Waals surface area contributed by atoms with Crippen molar-refractivity contribution < 1.29 is 42.8 Å². The topological polar surface area (TPSA) is 267 Å². The number of nitriles is 2. The number of aromatic nitrogens is 2. The van der Waals surface area contributed by atoms with Gasteiger partial charge in [0.15, 0.2) is 23.0 Å². The number of esters is 2. The molecule has 4 heterocycles. The van der Waals surface area contributed by atoms with Crippen molar-refractivity contribution >= 4 is 52.6 Å². The summed E-state index contributed by atoms with van der Waals surface area (Å²) in [5.41, 5.74) is 19.4. The normalized spacial score (nSPS) is 11.1. The summed E-state index contributed by atoms with van der Waals surface area (Å²) in [5.74, 6) is 0.570. The lowest BCUT2D eigenvalue weighted by Gasteiger charge is -2.13. The van der Waals surface area contributed by atoms with Crippen LogP contribution in [0.2, 0.25) is 0 Å². The van der Waals surface area contributed by atoms with Crippen LogP contribution in [0, 0.1) is 35.8 Å². The van der Waals surface area contributed by atoms with E-state index in [9.17, 15) is 24.9 Å². The molecule has 3 aromatic carbocycles. The van der Waals surface area contributed by atoms with E-state index in [4.69, 9.17) is 48.3 Å². The highest BCUT2D eigenvalue weighted by Gasteiger charge is 2.25. The fraction of sp³-hybridized carbons (Fsp3) is 0.186. The van der Waals surface area contributed by atoms with Crippen LogP contribution in [-0.2, 0) is 30.3 Å². The first-order valence-electron chi connectivity index (χ1n) is 18.3. The molecular weight excluding hydrogens is 819 g/mol. The molecular formula is C43H35N9O9S. The number of primary amides is 1. The summed E-state index contributed by atoms with van der Waals surface area (Å²) < 4.78 is 30.7. The van der Waals surface area contributed by atoms with Crippen LogP contribution in [0.5, 0.6) is 23.0 Å². The predicted molar refractivity (Wildman–Crippen MR) is 224 cm³/mol. The van der Waals surface area contributed by atoms with Crippen LogP contribution in [-0.4, -0.2) is 54.6 Å². The van der Waals surface area contributed by atoms with E-state index in [1.807, 2.05) is 36.4 Å². The highest BCUT2D eigenvalue weighted by Crippen LogP contribution is 2.46. The summed E-state index contributed by atoms with van der Waals surface area (Å²) >= 11 is 1.33. The van der Waals surface area contributed by atoms with Crippen molar-refractivity contribution in [1.29, 1.82) is 10.5 Å². The number of nitrogens with two attached hydrogens (primary N) is 3. The van der Waals surface area contributed by atoms with Crippen molar-refractivity contribution in [2.45, 2.75) is 36.6 Å². The Kier molecular flexibility index (Phi) is 15.1. The van der Waals surface area contributed by atoms with Crippen LogP contribution in [0.3, 0.4) is 0 Å². The summed E-state index contributed by atoms with van der Waals surface area (Å²) in [4.78, 5) is 48.5. The van der Waals surface area contributed by atoms with Crippen molar-refractivity contribution in [2.24, 2.45) is 5.73 Å². The van der Waals surface area contributed by atoms with Crippen molar-refractivity contribution in [1.82, 2.24) is 9.97 Å². The van der Waals surface area contributed by atoms with Gasteiger partial charge in [0.1, 0.15) is 35.2 Å². The predicted octanol–water partition coefficient (Wildman–Crippen LogP) is 6.65. The van der Waals surface area contributed by atoms with E-state index in [1.165, 1.54) is 11.8 Å². The van der Waals surface area contributed by atoms with Gasteiger partial charge in [0, 0.05) is 16.0 Å². The number of rotatable bonds is 10. The first-order valence-corrected chi connectivity index (χ1v) is 19.1. The molecule has 62 heavy (non-hydrogen) atoms. The fourth-order valence-electron chi connectivity index (χ4n) is 5.84. The molecule has 0 bridgehead atoms. The number of benzene rings is 3. The second-order valence-corrected chi connectivity index (χ2v) is 13.4. The van der Waals surface area contributed by atoms with Gasteiger partial charge in [-0.2, -0.15) is 10.5 Å². The molecule has 0 radical (unpaired) electrons. The number of carbonyl (C=O) groups excluding carboxylic acids is 3. The number of pyridine rings is 2. The number of anilines is 2. The maximum absolute atomic E-state index is 11.8. The van der Waals surface area contributed by atoms with E-state index in [1.54, 1.807) is 50.2 Å². The summed E-state index contributed by atoms with van der Waals surface area (Å²) in [6.45, 7) is 19.0. The standard InChI is InChI=1S/C20H12N4O2S.C18H14N4O4.C5H9NO3/c1-23-18-17(12-7-8-15-16(9-12)26-11-25-15)14(10-21)20(24-19(18)22)27-13-5-3-2-4-6-13;1-3-24-15(23)7-12-11(8-19)16(17(21-2)18(20)22-12)10-4-5-13-14(6-10)26-9-25-13;1-2-9-5(8)3-4(6)7/h2-9H,11H2,(H2,22,24);4-6H,3,7,9H2,1H3,(H2,20,22);2-3H2,1H3,(H2,6,7). The van der Waals surface area contributed by atoms with E-state index in [2.05, 4.69) is 36.2 Å². The Morgan fingerprint density at radius 2 is 1.24 bits per heavy atom. The van der Waals surface area contributed by atoms with Crippen LogP contribution in [0.4, 0.5) is 23.0 Å². The maximum atomic E-state index is 11.8. The second kappa shape index (κ2) is 20.9. The first-order chi connectivity index (χ1) is 30.0. The van der Waals surface area contributed by atoms with Crippen molar-refractivity contribution in [3.8, 4) is 57.4 Å². The molecule has 7 rings (SSSR count). The number of nitrogens with zero attached hydrogens (tertiary/aromatic N) is 6. The van der Waals surface area contributed by atoms with Gasteiger partial charge in [0.2, 0.25) is 30.9 Å². The molecule has 2 aromatic heterocycles. The molecule has 0 saturated heterocycles. The third-order valence-electron chi connectivity index (χ3n) is 8.41. The summed E-state index contributed by atoms with van der Waals surface area (Å²) in [6.07, 6.45) is -0.537. The van der Waals surface area contributed by atoms with Crippen LogP contribution >= 0.6 is 11.8 Å². The van der Waals surface area contributed by atoms with Crippen molar-refractivity contribution in [3.05, 3.63) is 106 Å². The molecule has 18 nitrogen and oxygen atoms in total. The molecule has 0 unspecified atom stereocenters. The molecule has 0 fully saturated rings. The van der Waals surface area contributed by atoms with E-state index < -0.39 is 17.8 Å². The number of hydrogen-bond donors (Lipinski definition) is 3. The average Bonchev–Trinajstić information content (AvgIpc) is 3.93. The number of amides is 1. The molecule has 2 aliphatic heterocycles. The van der Waals surface area contributed by atoms with Gasteiger partial charge < -0.3 is 45.6 Å². The zero-order valence-electron chi connectivity index (χ0n) is 33.1. The van der Waals surface area contributed by atoms with Gasteiger partial charge in [-0.15, -0.1) is 0 Å². The third kappa shape index (κ3) is 10.6. The Morgan fingerprint density at radius 1 is 0.742 bits per heavy atom. The van der Waals surface area contributed by atoms with E-state index >= 15 is 0 Å². The highest BCUT2D eigenvalue weighted by molar-refractivity contribution is 7.99. The van der Waals surface area contributed by atoms with E-state index in [-0.39, 0.29) is 73.9 Å². The van der Waals surface area contributed by atoms with Crippen LogP contribution < -0.4 is 36.1 Å². The number of ether oxygens (including phenoxy) is 6. The Bertz CT molecular complexity index is 2700. The van der Waals surface area contributed by atoms with E-state index in [0.29, 0.717) is 55.8 Å².